The number of anilines is 1. The molecule has 0 aliphatic carbocycles. The van der Waals surface area contributed by atoms with Gasteiger partial charge in [0.15, 0.2) is 0 Å². The number of nitrogens with zero attached hydrogens (tertiary/aromatic N) is 1. The zero-order valence-corrected chi connectivity index (χ0v) is 17.2. The average molecular weight is 418 g/mol. The van der Waals surface area contributed by atoms with Crippen molar-refractivity contribution in [3.05, 3.63) is 60.3 Å². The molecule has 3 N–H and O–H groups in total. The Morgan fingerprint density at radius 2 is 1.87 bits per heavy atom. The number of benzene rings is 2. The highest BCUT2D eigenvalue weighted by Crippen LogP contribution is 2.22. The summed E-state index contributed by atoms with van der Waals surface area (Å²) in [5.74, 6) is 6.51. The van der Waals surface area contributed by atoms with Crippen molar-refractivity contribution < 1.29 is 19.1 Å². The molecule has 31 heavy (non-hydrogen) atoms. The van der Waals surface area contributed by atoms with E-state index in [4.69, 9.17) is 9.47 Å². The summed E-state index contributed by atoms with van der Waals surface area (Å²) < 4.78 is 10.7. The first-order chi connectivity index (χ1) is 15.0. The van der Waals surface area contributed by atoms with Gasteiger partial charge < -0.3 is 20.1 Å². The smallest absolute Gasteiger partial charge is 0.270 e. The Balaban J connectivity index is 1.46. The van der Waals surface area contributed by atoms with Crippen molar-refractivity contribution in [2.45, 2.75) is 6.92 Å². The van der Waals surface area contributed by atoms with Gasteiger partial charge in [0.25, 0.3) is 5.91 Å². The molecule has 0 saturated carbocycles. The maximum Gasteiger partial charge on any atom is 0.270 e. The number of amides is 2. The molecule has 3 aromatic rings. The van der Waals surface area contributed by atoms with Gasteiger partial charge in [-0.05, 0) is 30.3 Å². The number of rotatable bonds is 7. The minimum atomic E-state index is -0.306. The quantitative estimate of drug-likeness (QED) is 0.512. The second-order valence-corrected chi connectivity index (χ2v) is 6.43. The minimum absolute atomic E-state index is 0.152. The number of hydrogen-bond donors (Lipinski definition) is 3. The molecule has 0 aliphatic rings. The Labute approximate surface area is 180 Å². The maximum atomic E-state index is 12.3. The molecule has 158 valence electrons. The Bertz CT molecular complexity index is 1130. The Morgan fingerprint density at radius 3 is 2.68 bits per heavy atom. The van der Waals surface area contributed by atoms with Crippen molar-refractivity contribution in [2.75, 3.05) is 25.6 Å². The van der Waals surface area contributed by atoms with Crippen LogP contribution in [0.1, 0.15) is 17.4 Å². The highest BCUT2D eigenvalue weighted by molar-refractivity contribution is 5.93. The molecule has 0 spiro atoms. The number of methoxy groups -OCH3 is 1. The third-order valence-electron chi connectivity index (χ3n) is 4.12. The van der Waals surface area contributed by atoms with E-state index in [-0.39, 0.29) is 25.0 Å². The summed E-state index contributed by atoms with van der Waals surface area (Å²) in [6, 6.07) is 16.1. The van der Waals surface area contributed by atoms with E-state index in [1.54, 1.807) is 37.4 Å². The van der Waals surface area contributed by atoms with Gasteiger partial charge in [-0.25, -0.2) is 0 Å². The number of hydrogen-bond acceptors (Lipinski definition) is 5. The molecule has 2 aromatic carbocycles. The first-order valence-electron chi connectivity index (χ1n) is 9.49. The van der Waals surface area contributed by atoms with E-state index in [9.17, 15) is 9.59 Å². The molecular formula is C23H22N4O4. The molecule has 1 heterocycles. The van der Waals surface area contributed by atoms with Crippen molar-refractivity contribution >= 4 is 17.5 Å². The van der Waals surface area contributed by atoms with Gasteiger partial charge in [-0.2, -0.15) is 5.10 Å². The van der Waals surface area contributed by atoms with Gasteiger partial charge in [0.2, 0.25) is 5.91 Å². The van der Waals surface area contributed by atoms with Gasteiger partial charge in [-0.15, -0.1) is 0 Å². The molecule has 0 fully saturated rings. The lowest BCUT2D eigenvalue weighted by Gasteiger charge is -2.05. The number of nitrogens with one attached hydrogen (secondary N) is 3. The average Bonchev–Trinajstić information content (AvgIpc) is 3.26. The normalized spacial score (nSPS) is 9.87. The maximum absolute atomic E-state index is 12.3. The van der Waals surface area contributed by atoms with E-state index in [1.807, 2.05) is 24.3 Å². The number of aromatic amines is 1. The topological polar surface area (TPSA) is 105 Å². The lowest BCUT2D eigenvalue weighted by molar-refractivity contribution is -0.114. The van der Waals surface area contributed by atoms with Crippen LogP contribution in [0.25, 0.3) is 11.3 Å². The van der Waals surface area contributed by atoms with Gasteiger partial charge >= 0.3 is 0 Å². The van der Waals surface area contributed by atoms with Crippen LogP contribution in [-0.2, 0) is 4.79 Å². The molecule has 2 amide bonds. The lowest BCUT2D eigenvalue weighted by Crippen LogP contribution is -2.24. The van der Waals surface area contributed by atoms with E-state index in [1.165, 1.54) is 6.92 Å². The highest BCUT2D eigenvalue weighted by Gasteiger charge is 2.10. The second-order valence-electron chi connectivity index (χ2n) is 6.43. The van der Waals surface area contributed by atoms with Crippen molar-refractivity contribution in [2.24, 2.45) is 0 Å². The summed E-state index contributed by atoms with van der Waals surface area (Å²) in [6.07, 6.45) is 0. The highest BCUT2D eigenvalue weighted by atomic mass is 16.5. The molecule has 0 radical (unpaired) electrons. The molecule has 1 aromatic heterocycles. The third-order valence-corrected chi connectivity index (χ3v) is 4.12. The summed E-state index contributed by atoms with van der Waals surface area (Å²) in [6.45, 7) is 1.77. The largest absolute Gasteiger partial charge is 0.497 e. The lowest BCUT2D eigenvalue weighted by atomic mass is 10.1. The molecular weight excluding hydrogens is 396 g/mol. The zero-order valence-electron chi connectivity index (χ0n) is 17.2. The van der Waals surface area contributed by atoms with Crippen molar-refractivity contribution in [1.29, 1.82) is 0 Å². The van der Waals surface area contributed by atoms with Gasteiger partial charge in [0, 0.05) is 24.2 Å². The van der Waals surface area contributed by atoms with Gasteiger partial charge in [0.1, 0.15) is 23.8 Å². The molecule has 0 aliphatic heterocycles. The number of carbonyl (C=O) groups excluding carboxylic acids is 2. The fraction of sp³-hybridized carbons (Fsp3) is 0.174. The fourth-order valence-electron chi connectivity index (χ4n) is 2.69. The summed E-state index contributed by atoms with van der Waals surface area (Å²) in [4.78, 5) is 23.3. The summed E-state index contributed by atoms with van der Waals surface area (Å²) in [5, 5.41) is 12.3. The zero-order chi connectivity index (χ0) is 22.1. The summed E-state index contributed by atoms with van der Waals surface area (Å²) in [5.41, 5.74) is 2.47. The fourth-order valence-corrected chi connectivity index (χ4v) is 2.69. The SMILES string of the molecule is COc1cccc(-c2cc(C(=O)NCC#CCOc3cccc(NC(C)=O)c3)[nH]n2)c1. The summed E-state index contributed by atoms with van der Waals surface area (Å²) in [7, 11) is 1.59. The van der Waals surface area contributed by atoms with Crippen LogP contribution < -0.4 is 20.1 Å². The van der Waals surface area contributed by atoms with Crippen LogP contribution in [0.5, 0.6) is 11.5 Å². The monoisotopic (exact) mass is 418 g/mol. The number of aromatic nitrogens is 2. The van der Waals surface area contributed by atoms with Crippen molar-refractivity contribution in [3.63, 3.8) is 0 Å². The molecule has 0 bridgehead atoms. The van der Waals surface area contributed by atoms with E-state index < -0.39 is 0 Å². The molecule has 0 atom stereocenters. The van der Waals surface area contributed by atoms with Crippen LogP contribution in [0.15, 0.2) is 54.6 Å². The number of ether oxygens (including phenoxy) is 2. The van der Waals surface area contributed by atoms with Crippen LogP contribution in [0.3, 0.4) is 0 Å². The van der Waals surface area contributed by atoms with Crippen LogP contribution in [-0.4, -0.2) is 42.3 Å². The van der Waals surface area contributed by atoms with Crippen LogP contribution in [0, 0.1) is 11.8 Å². The molecule has 0 saturated heterocycles. The number of carbonyl (C=O) groups is 2. The first-order valence-corrected chi connectivity index (χ1v) is 9.49. The van der Waals surface area contributed by atoms with Crippen molar-refractivity contribution in [3.8, 4) is 34.6 Å². The standard InChI is InChI=1S/C23H22N4O4/c1-16(28)25-18-8-6-10-20(14-18)31-12-4-3-11-24-23(29)22-15-21(26-27-22)17-7-5-9-19(13-17)30-2/h5-10,13-15H,11-12H2,1-2H3,(H,24,29)(H,25,28)(H,26,27). The van der Waals surface area contributed by atoms with E-state index in [0.29, 0.717) is 28.6 Å². The minimum Gasteiger partial charge on any atom is -0.497 e. The molecule has 8 nitrogen and oxygen atoms in total. The van der Waals surface area contributed by atoms with E-state index in [2.05, 4.69) is 32.7 Å². The van der Waals surface area contributed by atoms with Crippen LogP contribution in [0.4, 0.5) is 5.69 Å². The Hall–Kier alpha value is -4.25. The predicted molar refractivity (Wildman–Crippen MR) is 117 cm³/mol. The van der Waals surface area contributed by atoms with Crippen molar-refractivity contribution in [1.82, 2.24) is 15.5 Å². The Kier molecular flexibility index (Phi) is 7.27. The molecule has 3 rings (SSSR count). The first kappa shape index (κ1) is 21.5. The van der Waals surface area contributed by atoms with Crippen LogP contribution in [0.2, 0.25) is 0 Å². The van der Waals surface area contributed by atoms with Gasteiger partial charge in [-0.3, -0.25) is 14.7 Å². The van der Waals surface area contributed by atoms with E-state index >= 15 is 0 Å². The van der Waals surface area contributed by atoms with Gasteiger partial charge in [0.05, 0.1) is 19.3 Å². The van der Waals surface area contributed by atoms with E-state index in [0.717, 1.165) is 5.56 Å². The molecule has 0 unspecified atom stereocenters. The van der Waals surface area contributed by atoms with Gasteiger partial charge in [-0.1, -0.05) is 30.0 Å². The Morgan fingerprint density at radius 1 is 1.06 bits per heavy atom. The second kappa shape index (κ2) is 10.5. The van der Waals surface area contributed by atoms with Crippen LogP contribution >= 0.6 is 0 Å². The number of H-pyrrole nitrogens is 1. The third kappa shape index (κ3) is 6.37. The summed E-state index contributed by atoms with van der Waals surface area (Å²) >= 11 is 0. The molecule has 8 heteroatoms. The predicted octanol–water partition coefficient (Wildman–Crippen LogP) is 2.86.